The van der Waals surface area contributed by atoms with Crippen molar-refractivity contribution >= 4 is 40.0 Å². The molecule has 4 nitrogen and oxygen atoms in total. The third-order valence-corrected chi connectivity index (χ3v) is 6.68. The predicted molar refractivity (Wildman–Crippen MR) is 114 cm³/mol. The molecule has 2 aromatic heterocycles. The molecule has 1 saturated heterocycles. The highest BCUT2D eigenvalue weighted by Gasteiger charge is 2.12. The SMILES string of the molecule is Clc1ccccc1N=c1scc(-c2cccs2)n1CCCN1CCOCC1. The Hall–Kier alpha value is -1.44. The van der Waals surface area contributed by atoms with E-state index < -0.39 is 0 Å². The minimum Gasteiger partial charge on any atom is -0.379 e. The summed E-state index contributed by atoms with van der Waals surface area (Å²) < 4.78 is 7.78. The van der Waals surface area contributed by atoms with Crippen LogP contribution in [0.5, 0.6) is 0 Å². The molecule has 0 bridgehead atoms. The molecule has 0 saturated carbocycles. The molecule has 27 heavy (non-hydrogen) atoms. The van der Waals surface area contributed by atoms with Gasteiger partial charge in [0.15, 0.2) is 4.80 Å². The van der Waals surface area contributed by atoms with E-state index in [0.29, 0.717) is 5.02 Å². The summed E-state index contributed by atoms with van der Waals surface area (Å²) in [4.78, 5) is 9.61. The van der Waals surface area contributed by atoms with Crippen molar-refractivity contribution in [2.45, 2.75) is 13.0 Å². The van der Waals surface area contributed by atoms with E-state index in [4.69, 9.17) is 21.3 Å². The van der Waals surface area contributed by atoms with Crippen LogP contribution in [-0.4, -0.2) is 42.3 Å². The Labute approximate surface area is 172 Å². The molecule has 0 radical (unpaired) electrons. The van der Waals surface area contributed by atoms with Crippen LogP contribution in [0.1, 0.15) is 6.42 Å². The van der Waals surface area contributed by atoms with Gasteiger partial charge in [0.2, 0.25) is 0 Å². The largest absolute Gasteiger partial charge is 0.379 e. The number of halogens is 1. The number of aromatic nitrogens is 1. The second-order valence-corrected chi connectivity index (χ2v) is 8.59. The van der Waals surface area contributed by atoms with Crippen molar-refractivity contribution < 1.29 is 4.74 Å². The Balaban J connectivity index is 1.60. The molecule has 0 unspecified atom stereocenters. The first-order valence-electron chi connectivity index (χ1n) is 9.13. The van der Waals surface area contributed by atoms with Gasteiger partial charge in [0.25, 0.3) is 0 Å². The molecule has 1 fully saturated rings. The fourth-order valence-corrected chi connectivity index (χ4v) is 5.12. The molecule has 1 aliphatic rings. The molecule has 0 amide bonds. The van der Waals surface area contributed by atoms with Crippen LogP contribution in [0.4, 0.5) is 5.69 Å². The highest BCUT2D eigenvalue weighted by atomic mass is 35.5. The average molecular weight is 420 g/mol. The summed E-state index contributed by atoms with van der Waals surface area (Å²) in [6.07, 6.45) is 1.09. The number of rotatable bonds is 6. The lowest BCUT2D eigenvalue weighted by atomic mass is 10.3. The van der Waals surface area contributed by atoms with Crippen molar-refractivity contribution in [3.8, 4) is 10.6 Å². The van der Waals surface area contributed by atoms with Crippen LogP contribution in [0.15, 0.2) is 52.2 Å². The van der Waals surface area contributed by atoms with Crippen LogP contribution in [0.25, 0.3) is 10.6 Å². The number of ether oxygens (including phenoxy) is 1. The number of hydrogen-bond donors (Lipinski definition) is 0. The molecule has 0 N–H and O–H groups in total. The van der Waals surface area contributed by atoms with Crippen molar-refractivity contribution in [1.29, 1.82) is 0 Å². The molecule has 7 heteroatoms. The van der Waals surface area contributed by atoms with Crippen molar-refractivity contribution in [3.63, 3.8) is 0 Å². The Kier molecular flexibility index (Phi) is 6.42. The van der Waals surface area contributed by atoms with E-state index in [1.54, 1.807) is 22.7 Å². The van der Waals surface area contributed by atoms with Crippen molar-refractivity contribution in [2.24, 2.45) is 4.99 Å². The van der Waals surface area contributed by atoms with Crippen molar-refractivity contribution in [2.75, 3.05) is 32.8 Å². The lowest BCUT2D eigenvalue weighted by Crippen LogP contribution is -2.37. The highest BCUT2D eigenvalue weighted by Crippen LogP contribution is 2.27. The maximum absolute atomic E-state index is 6.32. The Morgan fingerprint density at radius 3 is 2.67 bits per heavy atom. The highest BCUT2D eigenvalue weighted by molar-refractivity contribution is 7.14. The molecular weight excluding hydrogens is 398 g/mol. The fourth-order valence-electron chi connectivity index (χ4n) is 3.18. The van der Waals surface area contributed by atoms with Crippen LogP contribution in [0, 0.1) is 0 Å². The number of thiazole rings is 1. The Morgan fingerprint density at radius 1 is 1.04 bits per heavy atom. The lowest BCUT2D eigenvalue weighted by Gasteiger charge is -2.26. The number of para-hydroxylation sites is 1. The van der Waals surface area contributed by atoms with E-state index in [1.165, 1.54) is 10.6 Å². The Morgan fingerprint density at radius 2 is 1.89 bits per heavy atom. The zero-order valence-corrected chi connectivity index (χ0v) is 17.4. The molecule has 4 rings (SSSR count). The van der Waals surface area contributed by atoms with E-state index in [2.05, 4.69) is 32.4 Å². The molecule has 3 heterocycles. The standard InChI is InChI=1S/C20H22ClN3OS2/c21-16-5-1-2-6-17(16)22-20-24(9-4-8-23-10-12-25-13-11-23)18(15-27-20)19-7-3-14-26-19/h1-3,5-7,14-15H,4,8-13H2. The van der Waals surface area contributed by atoms with Crippen LogP contribution < -0.4 is 4.80 Å². The summed E-state index contributed by atoms with van der Waals surface area (Å²) in [6.45, 7) is 5.78. The van der Waals surface area contributed by atoms with Gasteiger partial charge in [0.05, 0.1) is 34.5 Å². The minimum absolute atomic E-state index is 0.684. The third-order valence-electron chi connectivity index (χ3n) is 4.60. The molecule has 1 aromatic carbocycles. The number of hydrogen-bond acceptors (Lipinski definition) is 5. The molecule has 1 aliphatic heterocycles. The van der Waals surface area contributed by atoms with Gasteiger partial charge in [-0.3, -0.25) is 4.90 Å². The van der Waals surface area contributed by atoms with Gasteiger partial charge in [0, 0.05) is 31.6 Å². The summed E-state index contributed by atoms with van der Waals surface area (Å²) in [5, 5.41) is 5.01. The van der Waals surface area contributed by atoms with E-state index >= 15 is 0 Å². The van der Waals surface area contributed by atoms with Gasteiger partial charge in [-0.2, -0.15) is 0 Å². The topological polar surface area (TPSA) is 29.8 Å². The molecule has 0 aliphatic carbocycles. The second kappa shape index (κ2) is 9.17. The average Bonchev–Trinajstić information content (AvgIpc) is 3.35. The number of morpholine rings is 1. The molecule has 142 valence electrons. The first kappa shape index (κ1) is 18.9. The summed E-state index contributed by atoms with van der Waals surface area (Å²) in [5.74, 6) is 0. The molecule has 0 spiro atoms. The Bertz CT molecular complexity index is 927. The summed E-state index contributed by atoms with van der Waals surface area (Å²) in [5.41, 5.74) is 2.06. The first-order chi connectivity index (χ1) is 13.3. The van der Waals surface area contributed by atoms with Gasteiger partial charge in [-0.05, 0) is 30.0 Å². The first-order valence-corrected chi connectivity index (χ1v) is 11.3. The summed E-state index contributed by atoms with van der Waals surface area (Å²) >= 11 is 9.76. The van der Waals surface area contributed by atoms with E-state index in [1.807, 2.05) is 24.3 Å². The van der Waals surface area contributed by atoms with E-state index in [9.17, 15) is 0 Å². The minimum atomic E-state index is 0.684. The molecular formula is C20H22ClN3OS2. The normalized spacial score (nSPS) is 16.1. The number of thiophene rings is 1. The van der Waals surface area contributed by atoms with E-state index in [0.717, 1.165) is 56.3 Å². The summed E-state index contributed by atoms with van der Waals surface area (Å²) in [7, 11) is 0. The smallest absolute Gasteiger partial charge is 0.190 e. The summed E-state index contributed by atoms with van der Waals surface area (Å²) in [6, 6.07) is 12.0. The third kappa shape index (κ3) is 4.70. The maximum Gasteiger partial charge on any atom is 0.190 e. The van der Waals surface area contributed by atoms with Gasteiger partial charge >= 0.3 is 0 Å². The zero-order valence-electron chi connectivity index (χ0n) is 15.0. The molecule has 3 aromatic rings. The van der Waals surface area contributed by atoms with Gasteiger partial charge in [-0.15, -0.1) is 22.7 Å². The maximum atomic E-state index is 6.32. The molecule has 0 atom stereocenters. The lowest BCUT2D eigenvalue weighted by molar-refractivity contribution is 0.0369. The van der Waals surface area contributed by atoms with Crippen molar-refractivity contribution in [3.05, 3.63) is 57.0 Å². The van der Waals surface area contributed by atoms with Crippen LogP contribution in [-0.2, 0) is 11.3 Å². The number of benzene rings is 1. The van der Waals surface area contributed by atoms with Gasteiger partial charge in [0.1, 0.15) is 0 Å². The fraction of sp³-hybridized carbons (Fsp3) is 0.350. The van der Waals surface area contributed by atoms with Crippen molar-refractivity contribution in [1.82, 2.24) is 9.47 Å². The number of nitrogens with zero attached hydrogens (tertiary/aromatic N) is 3. The second-order valence-electron chi connectivity index (χ2n) is 6.40. The van der Waals surface area contributed by atoms with Gasteiger partial charge in [-0.1, -0.05) is 29.8 Å². The quantitative estimate of drug-likeness (QED) is 0.569. The van der Waals surface area contributed by atoms with Crippen LogP contribution in [0.3, 0.4) is 0 Å². The zero-order chi connectivity index (χ0) is 18.5. The monoisotopic (exact) mass is 419 g/mol. The van der Waals surface area contributed by atoms with Crippen LogP contribution >= 0.6 is 34.3 Å². The predicted octanol–water partition coefficient (Wildman–Crippen LogP) is 4.89. The van der Waals surface area contributed by atoms with Crippen LogP contribution in [0.2, 0.25) is 5.02 Å². The van der Waals surface area contributed by atoms with Gasteiger partial charge < -0.3 is 9.30 Å². The van der Waals surface area contributed by atoms with Gasteiger partial charge in [-0.25, -0.2) is 4.99 Å². The van der Waals surface area contributed by atoms with E-state index in [-0.39, 0.29) is 0 Å².